The summed E-state index contributed by atoms with van der Waals surface area (Å²) in [5, 5.41) is 7.58. The number of nitrogens with zero attached hydrogens (tertiary/aromatic N) is 3. The molecule has 0 radical (unpaired) electrons. The first-order valence-electron chi connectivity index (χ1n) is 8.01. The van der Waals surface area contributed by atoms with Crippen LogP contribution in [-0.4, -0.2) is 29.8 Å². The highest BCUT2D eigenvalue weighted by Gasteiger charge is 2.36. The Morgan fingerprint density at radius 2 is 2.08 bits per heavy atom. The third-order valence-corrected chi connectivity index (χ3v) is 6.64. The van der Waals surface area contributed by atoms with Crippen molar-refractivity contribution in [1.82, 2.24) is 9.40 Å². The maximum Gasteiger partial charge on any atom is 0.247 e. The zero-order chi connectivity index (χ0) is 18.5. The Bertz CT molecular complexity index is 1120. The molecular weight excluding hydrogens is 390 g/mol. The van der Waals surface area contributed by atoms with E-state index in [1.54, 1.807) is 0 Å². The number of rotatable bonds is 3. The second-order valence-electron chi connectivity index (χ2n) is 6.29. The van der Waals surface area contributed by atoms with E-state index in [1.807, 2.05) is 48.7 Å². The molecule has 0 aliphatic carbocycles. The van der Waals surface area contributed by atoms with E-state index < -0.39 is 16.1 Å². The second-order valence-corrected chi connectivity index (χ2v) is 9.44. The molecule has 134 valence electrons. The van der Waals surface area contributed by atoms with Crippen molar-refractivity contribution in [2.75, 3.05) is 6.26 Å². The van der Waals surface area contributed by atoms with E-state index in [0.29, 0.717) is 17.1 Å². The van der Waals surface area contributed by atoms with Crippen LogP contribution in [0.2, 0.25) is 5.15 Å². The fourth-order valence-electron chi connectivity index (χ4n) is 3.19. The van der Waals surface area contributed by atoms with Gasteiger partial charge in [-0.1, -0.05) is 35.9 Å². The standard InChI is InChI=1S/C18H16ClN3O2S2/c1-11-5-3-6-12-9-13(18(19)20-17(11)12)15-10-14(16-7-4-8-25-16)21-22(15)26(2,23)24/h3-9,15H,10H2,1-2H3/t15-/m0/s1. The van der Waals surface area contributed by atoms with Gasteiger partial charge in [0.25, 0.3) is 0 Å². The molecule has 0 bridgehead atoms. The minimum atomic E-state index is -3.54. The average molecular weight is 406 g/mol. The first-order chi connectivity index (χ1) is 12.3. The van der Waals surface area contributed by atoms with Gasteiger partial charge in [-0.05, 0) is 30.0 Å². The summed E-state index contributed by atoms with van der Waals surface area (Å²) >= 11 is 8.00. The summed E-state index contributed by atoms with van der Waals surface area (Å²) in [4.78, 5) is 5.48. The summed E-state index contributed by atoms with van der Waals surface area (Å²) < 4.78 is 25.8. The summed E-state index contributed by atoms with van der Waals surface area (Å²) in [6.45, 7) is 1.97. The van der Waals surface area contributed by atoms with Gasteiger partial charge in [-0.2, -0.15) is 9.52 Å². The molecule has 3 aromatic rings. The fraction of sp³-hybridized carbons (Fsp3) is 0.222. The number of aryl methyl sites for hydroxylation is 1. The lowest BCUT2D eigenvalue weighted by Gasteiger charge is -2.22. The third-order valence-electron chi connectivity index (χ3n) is 4.41. The molecule has 0 amide bonds. The van der Waals surface area contributed by atoms with Crippen molar-refractivity contribution >= 4 is 49.6 Å². The van der Waals surface area contributed by atoms with Crippen LogP contribution < -0.4 is 0 Å². The minimum Gasteiger partial charge on any atom is -0.235 e. The SMILES string of the molecule is Cc1cccc2cc([C@@H]3CC(c4cccs4)=NN3S(C)(=O)=O)c(Cl)nc12. The molecule has 3 heterocycles. The van der Waals surface area contributed by atoms with Crippen LogP contribution in [0.5, 0.6) is 0 Å². The largest absolute Gasteiger partial charge is 0.247 e. The summed E-state index contributed by atoms with van der Waals surface area (Å²) in [5.41, 5.74) is 3.27. The molecule has 0 fully saturated rings. The molecule has 0 unspecified atom stereocenters. The van der Waals surface area contributed by atoms with Gasteiger partial charge in [0.1, 0.15) is 5.15 Å². The Balaban J connectivity index is 1.84. The average Bonchev–Trinajstić information content (AvgIpc) is 3.24. The number of halogens is 1. The van der Waals surface area contributed by atoms with Gasteiger partial charge in [-0.25, -0.2) is 13.4 Å². The maximum atomic E-state index is 12.3. The zero-order valence-corrected chi connectivity index (χ0v) is 16.6. The van der Waals surface area contributed by atoms with Crippen LogP contribution in [0.15, 0.2) is 46.9 Å². The van der Waals surface area contributed by atoms with Crippen molar-refractivity contribution in [1.29, 1.82) is 0 Å². The Kier molecular flexibility index (Phi) is 4.25. The molecule has 0 saturated heterocycles. The Hall–Kier alpha value is -1.96. The third kappa shape index (κ3) is 3.00. The van der Waals surface area contributed by atoms with Gasteiger partial charge in [-0.15, -0.1) is 11.3 Å². The molecule has 1 aromatic carbocycles. The number of pyridine rings is 1. The summed E-state index contributed by atoms with van der Waals surface area (Å²) in [7, 11) is -3.54. The van der Waals surface area contributed by atoms with Crippen LogP contribution in [0.3, 0.4) is 0 Å². The highest BCUT2D eigenvalue weighted by molar-refractivity contribution is 7.88. The Labute approximate surface area is 161 Å². The van der Waals surface area contributed by atoms with Gasteiger partial charge in [-0.3, -0.25) is 0 Å². The van der Waals surface area contributed by atoms with Crippen LogP contribution in [0.1, 0.15) is 28.5 Å². The topological polar surface area (TPSA) is 62.6 Å². The van der Waals surface area contributed by atoms with Crippen LogP contribution >= 0.6 is 22.9 Å². The van der Waals surface area contributed by atoms with E-state index >= 15 is 0 Å². The molecule has 0 spiro atoms. The first kappa shape index (κ1) is 17.5. The second kappa shape index (κ2) is 6.33. The summed E-state index contributed by atoms with van der Waals surface area (Å²) in [5.74, 6) is 0. The number of hydrazone groups is 1. The number of fused-ring (bicyclic) bond motifs is 1. The molecule has 1 atom stereocenters. The molecule has 8 heteroatoms. The van der Waals surface area contributed by atoms with Crippen molar-refractivity contribution in [3.63, 3.8) is 0 Å². The number of sulfonamides is 1. The van der Waals surface area contributed by atoms with Crippen molar-refractivity contribution < 1.29 is 8.42 Å². The van der Waals surface area contributed by atoms with Crippen molar-refractivity contribution in [2.45, 2.75) is 19.4 Å². The smallest absolute Gasteiger partial charge is 0.235 e. The number of hydrogen-bond donors (Lipinski definition) is 0. The number of benzene rings is 1. The molecule has 4 rings (SSSR count). The van der Waals surface area contributed by atoms with Gasteiger partial charge >= 0.3 is 0 Å². The molecule has 0 saturated carbocycles. The summed E-state index contributed by atoms with van der Waals surface area (Å²) in [6, 6.07) is 11.2. The van der Waals surface area contributed by atoms with Gasteiger partial charge < -0.3 is 0 Å². The predicted octanol–water partition coefficient (Wildman–Crippen LogP) is 4.37. The monoisotopic (exact) mass is 405 g/mol. The fourth-order valence-corrected chi connectivity index (χ4v) is 5.08. The highest BCUT2D eigenvalue weighted by Crippen LogP contribution is 2.39. The van der Waals surface area contributed by atoms with Gasteiger partial charge in [0.2, 0.25) is 10.0 Å². The van der Waals surface area contributed by atoms with E-state index in [-0.39, 0.29) is 0 Å². The van der Waals surface area contributed by atoms with Crippen LogP contribution in [0, 0.1) is 6.92 Å². The molecule has 0 N–H and O–H groups in total. The van der Waals surface area contributed by atoms with E-state index in [4.69, 9.17) is 11.6 Å². The van der Waals surface area contributed by atoms with E-state index in [2.05, 4.69) is 10.1 Å². The van der Waals surface area contributed by atoms with Gasteiger partial charge in [0, 0.05) is 17.4 Å². The number of aromatic nitrogens is 1. The quantitative estimate of drug-likeness (QED) is 0.608. The van der Waals surface area contributed by atoms with Crippen molar-refractivity contribution in [2.24, 2.45) is 5.10 Å². The van der Waals surface area contributed by atoms with Crippen LogP contribution in [0.4, 0.5) is 0 Å². The minimum absolute atomic E-state index is 0.313. The highest BCUT2D eigenvalue weighted by atomic mass is 35.5. The molecule has 5 nitrogen and oxygen atoms in total. The van der Waals surface area contributed by atoms with E-state index in [0.717, 1.165) is 37.7 Å². The normalized spacial score (nSPS) is 17.7. The Morgan fingerprint density at radius 1 is 1.27 bits per heavy atom. The lowest BCUT2D eigenvalue weighted by atomic mass is 10.0. The van der Waals surface area contributed by atoms with Gasteiger partial charge in [0.15, 0.2) is 0 Å². The number of para-hydroxylation sites is 1. The molecule has 26 heavy (non-hydrogen) atoms. The van der Waals surface area contributed by atoms with E-state index in [1.165, 1.54) is 11.3 Å². The summed E-state index contributed by atoms with van der Waals surface area (Å²) in [6.07, 6.45) is 1.62. The zero-order valence-electron chi connectivity index (χ0n) is 14.2. The maximum absolute atomic E-state index is 12.3. The molecule has 2 aromatic heterocycles. The predicted molar refractivity (Wildman–Crippen MR) is 106 cm³/mol. The molecular formula is C18H16ClN3O2S2. The lowest BCUT2D eigenvalue weighted by molar-refractivity contribution is 0.374. The van der Waals surface area contributed by atoms with Crippen molar-refractivity contribution in [3.8, 4) is 0 Å². The first-order valence-corrected chi connectivity index (χ1v) is 11.1. The molecule has 1 aliphatic rings. The number of hydrogen-bond acceptors (Lipinski definition) is 5. The number of thiophene rings is 1. The lowest BCUT2D eigenvalue weighted by Crippen LogP contribution is -2.26. The van der Waals surface area contributed by atoms with E-state index in [9.17, 15) is 8.42 Å². The molecule has 1 aliphatic heterocycles. The van der Waals surface area contributed by atoms with Crippen LogP contribution in [0.25, 0.3) is 10.9 Å². The Morgan fingerprint density at radius 3 is 2.77 bits per heavy atom. The van der Waals surface area contributed by atoms with Crippen molar-refractivity contribution in [3.05, 3.63) is 62.9 Å². The van der Waals surface area contributed by atoms with Gasteiger partial charge in [0.05, 0.1) is 28.4 Å². The van der Waals surface area contributed by atoms with Crippen LogP contribution in [-0.2, 0) is 10.0 Å².